The second kappa shape index (κ2) is 7.90. The molecule has 166 valence electrons. The Labute approximate surface area is 177 Å². The van der Waals surface area contributed by atoms with Gasteiger partial charge in [-0.3, -0.25) is 14.5 Å². The Morgan fingerprint density at radius 1 is 1.16 bits per heavy atom. The van der Waals surface area contributed by atoms with E-state index in [9.17, 15) is 27.6 Å². The fourth-order valence-corrected chi connectivity index (χ4v) is 4.40. The van der Waals surface area contributed by atoms with E-state index < -0.39 is 29.7 Å². The van der Waals surface area contributed by atoms with Crippen molar-refractivity contribution < 1.29 is 27.6 Å². The van der Waals surface area contributed by atoms with Gasteiger partial charge in [0.2, 0.25) is 5.91 Å². The minimum absolute atomic E-state index is 0.0447. The van der Waals surface area contributed by atoms with Crippen molar-refractivity contribution in [2.24, 2.45) is 0 Å². The number of carbonyl (C=O) groups is 3. The smallest absolute Gasteiger partial charge is 0.343 e. The van der Waals surface area contributed by atoms with Gasteiger partial charge >= 0.3 is 12.2 Å². The monoisotopic (exact) mass is 436 g/mol. The van der Waals surface area contributed by atoms with Crippen molar-refractivity contribution in [3.63, 3.8) is 0 Å². The second-order valence-electron chi connectivity index (χ2n) is 7.95. The van der Waals surface area contributed by atoms with Gasteiger partial charge in [0.05, 0.1) is 29.4 Å². The van der Waals surface area contributed by atoms with Crippen molar-refractivity contribution in [2.45, 2.75) is 31.5 Å². The molecule has 3 heterocycles. The molecule has 1 N–H and O–H groups in total. The number of rotatable bonds is 4. The van der Waals surface area contributed by atoms with Crippen LogP contribution in [0.1, 0.15) is 36.4 Å². The summed E-state index contributed by atoms with van der Waals surface area (Å²) >= 11 is 0. The Hall–Kier alpha value is -3.04. The number of hydrogen-bond donors (Lipinski definition) is 1. The third kappa shape index (κ3) is 3.86. The van der Waals surface area contributed by atoms with Crippen LogP contribution in [-0.4, -0.2) is 65.8 Å². The predicted molar refractivity (Wildman–Crippen MR) is 105 cm³/mol. The molecule has 1 atom stereocenters. The first-order valence-corrected chi connectivity index (χ1v) is 10.2. The lowest BCUT2D eigenvalue weighted by Gasteiger charge is -2.32. The standard InChI is InChI=1S/C21H23F3N4O3/c1-26-15-12-28(11-8-16(29)27-9-4-5-10-27)19(30)17(15)18(25-20(26)31)13-6-2-3-7-14(13)21(22,23)24/h2-3,6-7,18H,4-5,8-12H2,1H3,(H,25,31). The van der Waals surface area contributed by atoms with Crippen LogP contribution in [0.3, 0.4) is 0 Å². The second-order valence-corrected chi connectivity index (χ2v) is 7.95. The van der Waals surface area contributed by atoms with Gasteiger partial charge in [-0.25, -0.2) is 4.79 Å². The molecule has 10 heteroatoms. The predicted octanol–water partition coefficient (Wildman–Crippen LogP) is 2.51. The number of benzene rings is 1. The summed E-state index contributed by atoms with van der Waals surface area (Å²) in [6, 6.07) is 3.14. The maximum atomic E-state index is 13.6. The minimum atomic E-state index is -4.63. The van der Waals surface area contributed by atoms with Crippen molar-refractivity contribution in [3.8, 4) is 0 Å². The molecule has 0 bridgehead atoms. The maximum absolute atomic E-state index is 13.6. The van der Waals surface area contributed by atoms with Gasteiger partial charge in [0.25, 0.3) is 5.91 Å². The highest BCUT2D eigenvalue weighted by Gasteiger charge is 2.45. The first-order valence-electron chi connectivity index (χ1n) is 10.2. The molecule has 31 heavy (non-hydrogen) atoms. The quantitative estimate of drug-likeness (QED) is 0.789. The van der Waals surface area contributed by atoms with E-state index in [1.165, 1.54) is 35.0 Å². The fourth-order valence-electron chi connectivity index (χ4n) is 4.40. The molecule has 1 aromatic rings. The van der Waals surface area contributed by atoms with Gasteiger partial charge in [0, 0.05) is 33.1 Å². The van der Waals surface area contributed by atoms with Gasteiger partial charge < -0.3 is 15.1 Å². The van der Waals surface area contributed by atoms with Crippen LogP contribution in [0.4, 0.5) is 18.0 Å². The van der Waals surface area contributed by atoms with Gasteiger partial charge in [-0.2, -0.15) is 13.2 Å². The number of likely N-dealkylation sites (tertiary alicyclic amines) is 1. The number of alkyl halides is 3. The van der Waals surface area contributed by atoms with Crippen LogP contribution in [0, 0.1) is 0 Å². The molecule has 4 amide bonds. The lowest BCUT2D eigenvalue weighted by Crippen LogP contribution is -2.45. The average Bonchev–Trinajstić information content (AvgIpc) is 3.37. The Kier molecular flexibility index (Phi) is 5.40. The van der Waals surface area contributed by atoms with Crippen LogP contribution in [0.5, 0.6) is 0 Å². The molecule has 0 saturated carbocycles. The largest absolute Gasteiger partial charge is 0.416 e. The lowest BCUT2D eigenvalue weighted by atomic mass is 9.92. The number of amides is 4. The van der Waals surface area contributed by atoms with E-state index in [0.717, 1.165) is 18.9 Å². The first kappa shape index (κ1) is 21.2. The molecule has 3 aliphatic rings. The van der Waals surface area contributed by atoms with E-state index in [2.05, 4.69) is 5.32 Å². The highest BCUT2D eigenvalue weighted by atomic mass is 19.4. The van der Waals surface area contributed by atoms with Crippen LogP contribution in [0.2, 0.25) is 0 Å². The summed E-state index contributed by atoms with van der Waals surface area (Å²) in [7, 11) is 1.47. The fraction of sp³-hybridized carbons (Fsp3) is 0.476. The molecule has 1 saturated heterocycles. The molecule has 0 spiro atoms. The van der Waals surface area contributed by atoms with E-state index in [1.54, 1.807) is 4.90 Å². The molecule has 1 fully saturated rings. The average molecular weight is 436 g/mol. The van der Waals surface area contributed by atoms with Crippen LogP contribution in [0.25, 0.3) is 0 Å². The number of likely N-dealkylation sites (N-methyl/N-ethyl adjacent to an activating group) is 1. The summed E-state index contributed by atoms with van der Waals surface area (Å²) in [6.45, 7) is 1.64. The SMILES string of the molecule is CN1C(=O)NC(c2ccccc2C(F)(F)F)C2=C1CN(CCC(=O)N1CCCC1)C2=O. The number of nitrogens with zero attached hydrogens (tertiary/aromatic N) is 3. The Bertz CT molecular complexity index is 953. The van der Waals surface area contributed by atoms with Crippen LogP contribution >= 0.6 is 0 Å². The van der Waals surface area contributed by atoms with Crippen LogP contribution < -0.4 is 5.32 Å². The Balaban J connectivity index is 1.60. The van der Waals surface area contributed by atoms with E-state index >= 15 is 0 Å². The van der Waals surface area contributed by atoms with Crippen molar-refractivity contribution in [2.75, 3.05) is 33.2 Å². The summed E-state index contributed by atoms with van der Waals surface area (Å²) in [5.74, 6) is -0.505. The van der Waals surface area contributed by atoms with Crippen molar-refractivity contribution in [1.82, 2.24) is 20.0 Å². The van der Waals surface area contributed by atoms with Crippen molar-refractivity contribution in [3.05, 3.63) is 46.7 Å². The Morgan fingerprint density at radius 2 is 1.84 bits per heavy atom. The lowest BCUT2D eigenvalue weighted by molar-refractivity contribution is -0.138. The first-order chi connectivity index (χ1) is 14.7. The molecule has 0 aliphatic carbocycles. The highest BCUT2D eigenvalue weighted by molar-refractivity contribution is 6.01. The van der Waals surface area contributed by atoms with Gasteiger partial charge in [0.1, 0.15) is 0 Å². The molecule has 1 unspecified atom stereocenters. The van der Waals surface area contributed by atoms with E-state index in [-0.39, 0.29) is 36.6 Å². The van der Waals surface area contributed by atoms with E-state index in [4.69, 9.17) is 0 Å². The number of urea groups is 1. The van der Waals surface area contributed by atoms with Gasteiger partial charge in [-0.1, -0.05) is 18.2 Å². The topological polar surface area (TPSA) is 73.0 Å². The number of carbonyl (C=O) groups excluding carboxylic acids is 3. The van der Waals surface area contributed by atoms with E-state index in [0.29, 0.717) is 18.8 Å². The third-order valence-electron chi connectivity index (χ3n) is 6.07. The van der Waals surface area contributed by atoms with Crippen LogP contribution in [0.15, 0.2) is 35.5 Å². The zero-order valence-corrected chi connectivity index (χ0v) is 17.0. The van der Waals surface area contributed by atoms with E-state index in [1.807, 2.05) is 0 Å². The molecule has 0 aromatic heterocycles. The van der Waals surface area contributed by atoms with Crippen molar-refractivity contribution in [1.29, 1.82) is 0 Å². The van der Waals surface area contributed by atoms with Gasteiger partial charge in [-0.05, 0) is 24.5 Å². The highest BCUT2D eigenvalue weighted by Crippen LogP contribution is 2.41. The molecule has 4 rings (SSSR count). The summed E-state index contributed by atoms with van der Waals surface area (Å²) < 4.78 is 40.7. The molecular formula is C21H23F3N4O3. The maximum Gasteiger partial charge on any atom is 0.416 e. The zero-order valence-electron chi connectivity index (χ0n) is 17.0. The van der Waals surface area contributed by atoms with Gasteiger partial charge in [-0.15, -0.1) is 0 Å². The normalized spacial score (nSPS) is 21.7. The minimum Gasteiger partial charge on any atom is -0.343 e. The molecule has 0 radical (unpaired) electrons. The van der Waals surface area contributed by atoms with Gasteiger partial charge in [0.15, 0.2) is 0 Å². The summed E-state index contributed by atoms with van der Waals surface area (Å²) in [6.07, 6.45) is -2.57. The molecule has 1 aromatic carbocycles. The summed E-state index contributed by atoms with van der Waals surface area (Å²) in [5, 5.41) is 2.53. The molecular weight excluding hydrogens is 413 g/mol. The summed E-state index contributed by atoms with van der Waals surface area (Å²) in [4.78, 5) is 42.4. The third-order valence-corrected chi connectivity index (χ3v) is 6.07. The zero-order chi connectivity index (χ0) is 22.3. The summed E-state index contributed by atoms with van der Waals surface area (Å²) in [5.41, 5.74) is -0.587. The Morgan fingerprint density at radius 3 is 2.52 bits per heavy atom. The number of hydrogen-bond acceptors (Lipinski definition) is 3. The number of nitrogens with one attached hydrogen (secondary N) is 1. The number of halogens is 3. The van der Waals surface area contributed by atoms with Crippen LogP contribution in [-0.2, 0) is 15.8 Å². The van der Waals surface area contributed by atoms with Crippen molar-refractivity contribution >= 4 is 17.8 Å². The molecule has 7 nitrogen and oxygen atoms in total. The molecule has 3 aliphatic heterocycles.